The van der Waals surface area contributed by atoms with Gasteiger partial charge >= 0.3 is 0 Å². The molecule has 0 fully saturated rings. The van der Waals surface area contributed by atoms with Gasteiger partial charge in [-0.2, -0.15) is 0 Å². The molecule has 2 rings (SSSR count). The molecule has 0 saturated carbocycles. The first-order valence-electron chi connectivity index (χ1n) is 6.18. The monoisotopic (exact) mass is 258 g/mol. The van der Waals surface area contributed by atoms with Crippen LogP contribution in [0.2, 0.25) is 0 Å². The number of nitrogens with one attached hydrogen (secondary N) is 1. The summed E-state index contributed by atoms with van der Waals surface area (Å²) >= 11 is 0. The Bertz CT molecular complexity index is 615. The van der Waals surface area contributed by atoms with Crippen molar-refractivity contribution in [2.45, 2.75) is 27.3 Å². The van der Waals surface area contributed by atoms with Gasteiger partial charge < -0.3 is 15.5 Å². The van der Waals surface area contributed by atoms with E-state index >= 15 is 0 Å². The van der Waals surface area contributed by atoms with Crippen LogP contribution in [0.5, 0.6) is 0 Å². The number of rotatable bonds is 3. The third-order valence-corrected chi connectivity index (χ3v) is 3.21. The molecule has 0 saturated heterocycles. The van der Waals surface area contributed by atoms with Crippen molar-refractivity contribution in [3.8, 4) is 0 Å². The molecule has 1 aromatic heterocycles. The van der Waals surface area contributed by atoms with Crippen molar-refractivity contribution in [3.05, 3.63) is 52.5 Å². The summed E-state index contributed by atoms with van der Waals surface area (Å²) in [6.07, 6.45) is 0. The van der Waals surface area contributed by atoms with Crippen LogP contribution in [0.1, 0.15) is 33.0 Å². The summed E-state index contributed by atoms with van der Waals surface area (Å²) in [5, 5.41) is 2.88. The Balaban J connectivity index is 2.09. The maximum absolute atomic E-state index is 12.0. The predicted molar refractivity (Wildman–Crippen MR) is 74.9 cm³/mol. The third kappa shape index (κ3) is 2.78. The molecule has 0 spiro atoms. The largest absolute Gasteiger partial charge is 0.466 e. The molecule has 0 aliphatic rings. The van der Waals surface area contributed by atoms with Gasteiger partial charge in [0.25, 0.3) is 5.91 Å². The lowest BCUT2D eigenvalue weighted by molar-refractivity contribution is 0.0949. The van der Waals surface area contributed by atoms with Gasteiger partial charge in [-0.1, -0.05) is 12.1 Å². The Labute approximate surface area is 112 Å². The van der Waals surface area contributed by atoms with Crippen molar-refractivity contribution in [3.63, 3.8) is 0 Å². The highest BCUT2D eigenvalue weighted by atomic mass is 16.3. The first kappa shape index (κ1) is 13.2. The number of carbonyl (C=O) groups excluding carboxylic acids is 1. The van der Waals surface area contributed by atoms with Gasteiger partial charge in [-0.25, -0.2) is 0 Å². The van der Waals surface area contributed by atoms with Gasteiger partial charge in [0.1, 0.15) is 11.5 Å². The van der Waals surface area contributed by atoms with Gasteiger partial charge in [-0.05, 0) is 44.0 Å². The number of benzene rings is 1. The quantitative estimate of drug-likeness (QED) is 0.832. The number of aryl methyl sites for hydroxylation is 2. The van der Waals surface area contributed by atoms with Crippen LogP contribution in [-0.2, 0) is 6.54 Å². The molecule has 0 aliphatic heterocycles. The summed E-state index contributed by atoms with van der Waals surface area (Å²) in [5.41, 5.74) is 9.18. The molecule has 2 aromatic rings. The topological polar surface area (TPSA) is 68.3 Å². The normalized spacial score (nSPS) is 10.5. The average Bonchev–Trinajstić information content (AvgIpc) is 2.70. The maximum Gasteiger partial charge on any atom is 0.255 e. The van der Waals surface area contributed by atoms with E-state index in [1.54, 1.807) is 13.0 Å². The summed E-state index contributed by atoms with van der Waals surface area (Å²) in [6, 6.07) is 7.44. The van der Waals surface area contributed by atoms with Crippen LogP contribution >= 0.6 is 0 Å². The maximum atomic E-state index is 12.0. The summed E-state index contributed by atoms with van der Waals surface area (Å²) in [6.45, 7) is 6.02. The van der Waals surface area contributed by atoms with Crippen molar-refractivity contribution in [2.24, 2.45) is 0 Å². The van der Waals surface area contributed by atoms with Gasteiger partial charge in [0, 0.05) is 12.2 Å². The molecule has 100 valence electrons. The van der Waals surface area contributed by atoms with Crippen LogP contribution in [0.25, 0.3) is 0 Å². The molecule has 4 nitrogen and oxygen atoms in total. The molecule has 19 heavy (non-hydrogen) atoms. The molecule has 1 heterocycles. The number of hydrogen-bond donors (Lipinski definition) is 2. The van der Waals surface area contributed by atoms with E-state index < -0.39 is 0 Å². The van der Waals surface area contributed by atoms with Crippen molar-refractivity contribution in [2.75, 3.05) is 5.73 Å². The van der Waals surface area contributed by atoms with E-state index in [4.69, 9.17) is 10.2 Å². The number of amides is 1. The zero-order valence-corrected chi connectivity index (χ0v) is 11.4. The van der Waals surface area contributed by atoms with Gasteiger partial charge in [0.05, 0.1) is 5.56 Å². The first-order valence-corrected chi connectivity index (χ1v) is 6.18. The molecule has 4 heteroatoms. The second-order valence-corrected chi connectivity index (χ2v) is 4.64. The highest BCUT2D eigenvalue weighted by molar-refractivity contribution is 5.95. The van der Waals surface area contributed by atoms with Crippen molar-refractivity contribution in [1.29, 1.82) is 0 Å². The van der Waals surface area contributed by atoms with Crippen molar-refractivity contribution >= 4 is 11.6 Å². The minimum Gasteiger partial charge on any atom is -0.466 e. The average molecular weight is 258 g/mol. The fourth-order valence-electron chi connectivity index (χ4n) is 2.02. The van der Waals surface area contributed by atoms with Crippen LogP contribution in [0.4, 0.5) is 5.69 Å². The second kappa shape index (κ2) is 5.18. The summed E-state index contributed by atoms with van der Waals surface area (Å²) in [4.78, 5) is 12.0. The van der Waals surface area contributed by atoms with Gasteiger partial charge in [0.15, 0.2) is 0 Å². The van der Waals surface area contributed by atoms with E-state index in [1.807, 2.05) is 32.0 Å². The van der Waals surface area contributed by atoms with E-state index in [0.29, 0.717) is 17.9 Å². The SMILES string of the molecule is Cc1cc(C(=O)NCc2cccc(N)c2C)c(C)o1. The highest BCUT2D eigenvalue weighted by Gasteiger charge is 2.13. The minimum absolute atomic E-state index is 0.129. The fourth-order valence-corrected chi connectivity index (χ4v) is 2.02. The van der Waals surface area contributed by atoms with Crippen molar-refractivity contribution < 1.29 is 9.21 Å². The zero-order valence-electron chi connectivity index (χ0n) is 11.4. The van der Waals surface area contributed by atoms with Crippen LogP contribution < -0.4 is 11.1 Å². The van der Waals surface area contributed by atoms with Crippen LogP contribution in [0.15, 0.2) is 28.7 Å². The van der Waals surface area contributed by atoms with Crippen LogP contribution in [0.3, 0.4) is 0 Å². The zero-order chi connectivity index (χ0) is 14.0. The fraction of sp³-hybridized carbons (Fsp3) is 0.267. The van der Waals surface area contributed by atoms with Crippen LogP contribution in [0, 0.1) is 20.8 Å². The Morgan fingerprint density at radius 3 is 2.68 bits per heavy atom. The second-order valence-electron chi connectivity index (χ2n) is 4.64. The number of furan rings is 1. The highest BCUT2D eigenvalue weighted by Crippen LogP contribution is 2.16. The van der Waals surface area contributed by atoms with Gasteiger partial charge in [-0.3, -0.25) is 4.79 Å². The lowest BCUT2D eigenvalue weighted by atomic mass is 10.1. The standard InChI is InChI=1S/C15H18N2O2/c1-9-7-13(11(3)19-9)15(18)17-8-12-5-4-6-14(16)10(12)2/h4-7H,8,16H2,1-3H3,(H,17,18). The van der Waals surface area contributed by atoms with E-state index in [-0.39, 0.29) is 5.91 Å². The molecule has 0 atom stereocenters. The van der Waals surface area contributed by atoms with E-state index in [1.165, 1.54) is 0 Å². The van der Waals surface area contributed by atoms with E-state index in [0.717, 1.165) is 22.6 Å². The van der Waals surface area contributed by atoms with Gasteiger partial charge in [0.2, 0.25) is 0 Å². The Kier molecular flexibility index (Phi) is 3.60. The summed E-state index contributed by atoms with van der Waals surface area (Å²) in [5.74, 6) is 1.25. The first-order chi connectivity index (χ1) is 8.99. The number of anilines is 1. The lowest BCUT2D eigenvalue weighted by Crippen LogP contribution is -2.23. The Hall–Kier alpha value is -2.23. The van der Waals surface area contributed by atoms with Crippen molar-refractivity contribution in [1.82, 2.24) is 5.32 Å². The molecule has 0 aliphatic carbocycles. The molecule has 1 amide bonds. The molecule has 1 aromatic carbocycles. The third-order valence-electron chi connectivity index (χ3n) is 3.21. The van der Waals surface area contributed by atoms with E-state index in [2.05, 4.69) is 5.32 Å². The Morgan fingerprint density at radius 1 is 1.32 bits per heavy atom. The predicted octanol–water partition coefficient (Wildman–Crippen LogP) is 2.72. The number of hydrogen-bond acceptors (Lipinski definition) is 3. The molecule has 0 radical (unpaired) electrons. The molecule has 0 bridgehead atoms. The molecule has 3 N–H and O–H groups in total. The molecular weight excluding hydrogens is 240 g/mol. The van der Waals surface area contributed by atoms with E-state index in [9.17, 15) is 4.79 Å². The lowest BCUT2D eigenvalue weighted by Gasteiger charge is -2.09. The van der Waals surface area contributed by atoms with Gasteiger partial charge in [-0.15, -0.1) is 0 Å². The smallest absolute Gasteiger partial charge is 0.255 e. The number of nitrogens with two attached hydrogens (primary N) is 1. The minimum atomic E-state index is -0.129. The molecular formula is C15H18N2O2. The van der Waals surface area contributed by atoms with Crippen LogP contribution in [-0.4, -0.2) is 5.91 Å². The number of nitrogen functional groups attached to an aromatic ring is 1. The summed E-state index contributed by atoms with van der Waals surface area (Å²) in [7, 11) is 0. The summed E-state index contributed by atoms with van der Waals surface area (Å²) < 4.78 is 5.35. The molecule has 0 unspecified atom stereocenters. The Morgan fingerprint density at radius 2 is 2.05 bits per heavy atom. The number of carbonyl (C=O) groups is 1.